The van der Waals surface area contributed by atoms with Crippen molar-refractivity contribution < 1.29 is 22.3 Å². The van der Waals surface area contributed by atoms with Crippen LogP contribution in [0.5, 0.6) is 5.75 Å². The molecule has 0 fully saturated rings. The summed E-state index contributed by atoms with van der Waals surface area (Å²) in [6.45, 7) is 0.319. The number of nitro benzene ring substituents is 1. The summed E-state index contributed by atoms with van der Waals surface area (Å²) < 4.78 is 31.1. The van der Waals surface area contributed by atoms with Gasteiger partial charge in [-0.15, -0.1) is 0 Å². The van der Waals surface area contributed by atoms with Crippen LogP contribution < -0.4 is 4.74 Å². The van der Waals surface area contributed by atoms with E-state index in [9.17, 15) is 18.5 Å². The normalized spacial score (nSPS) is 11.2. The van der Waals surface area contributed by atoms with E-state index in [1.165, 1.54) is 24.3 Å². The molecule has 1 aromatic carbocycles. The number of rotatable bonds is 7. The van der Waals surface area contributed by atoms with Crippen molar-refractivity contribution in [2.45, 2.75) is 6.42 Å². The first-order chi connectivity index (χ1) is 8.38. The number of nitro groups is 1. The van der Waals surface area contributed by atoms with Gasteiger partial charge in [-0.3, -0.25) is 14.3 Å². The summed E-state index contributed by atoms with van der Waals surface area (Å²) in [5.41, 5.74) is -0.0113. The largest absolute Gasteiger partial charge is 0.494 e. The fourth-order valence-corrected chi connectivity index (χ4v) is 1.54. The van der Waals surface area contributed by atoms with Crippen molar-refractivity contribution in [1.82, 2.24) is 0 Å². The van der Waals surface area contributed by atoms with Crippen LogP contribution in [0.25, 0.3) is 0 Å². The first-order valence-corrected chi connectivity index (χ1v) is 6.92. The van der Waals surface area contributed by atoms with Gasteiger partial charge in [0.2, 0.25) is 0 Å². The highest BCUT2D eigenvalue weighted by Crippen LogP contribution is 2.17. The van der Waals surface area contributed by atoms with Gasteiger partial charge in [0, 0.05) is 18.6 Å². The maximum Gasteiger partial charge on any atom is 0.269 e. The minimum Gasteiger partial charge on any atom is -0.494 e. The third-order valence-electron chi connectivity index (χ3n) is 1.90. The van der Waals surface area contributed by atoms with E-state index in [1.54, 1.807) is 0 Å². The number of benzene rings is 1. The second kappa shape index (κ2) is 6.31. The summed E-state index contributed by atoms with van der Waals surface area (Å²) >= 11 is 0. The number of ether oxygens (including phenoxy) is 1. The molecule has 1 aromatic rings. The van der Waals surface area contributed by atoms with Crippen LogP contribution in [-0.4, -0.2) is 32.8 Å². The molecule has 0 bridgehead atoms. The zero-order chi connectivity index (χ0) is 13.6. The molecule has 0 radical (unpaired) electrons. The average Bonchev–Trinajstić information content (AvgIpc) is 2.27. The summed E-state index contributed by atoms with van der Waals surface area (Å²) in [5, 5.41) is 10.4. The Balaban J connectivity index is 2.29. The zero-order valence-electron chi connectivity index (χ0n) is 9.74. The Hall–Kier alpha value is -1.67. The van der Waals surface area contributed by atoms with Gasteiger partial charge in [0.1, 0.15) is 5.75 Å². The van der Waals surface area contributed by atoms with E-state index < -0.39 is 15.0 Å². The van der Waals surface area contributed by atoms with Crippen molar-refractivity contribution in [2.75, 3.05) is 19.5 Å². The van der Waals surface area contributed by atoms with Gasteiger partial charge in [-0.25, -0.2) is 0 Å². The van der Waals surface area contributed by atoms with Crippen LogP contribution in [0.15, 0.2) is 24.3 Å². The molecule has 0 aliphatic carbocycles. The van der Waals surface area contributed by atoms with Gasteiger partial charge in [0.25, 0.3) is 15.8 Å². The molecule has 0 aromatic heterocycles. The third-order valence-corrected chi connectivity index (χ3v) is 2.50. The highest BCUT2D eigenvalue weighted by atomic mass is 32.2. The summed E-state index contributed by atoms with van der Waals surface area (Å²) in [7, 11) is -3.41. The molecular weight excluding hydrogens is 262 g/mol. The van der Waals surface area contributed by atoms with E-state index in [0.29, 0.717) is 12.2 Å². The summed E-state index contributed by atoms with van der Waals surface area (Å²) in [4.78, 5) is 9.90. The monoisotopic (exact) mass is 275 g/mol. The number of non-ortho nitro benzene ring substituents is 1. The van der Waals surface area contributed by atoms with Gasteiger partial charge in [0.05, 0.1) is 24.4 Å². The SMILES string of the molecule is CS(=O)(=O)OCCCOc1ccc([N+](=O)[O-])cc1. The summed E-state index contributed by atoms with van der Waals surface area (Å²) in [6.07, 6.45) is 1.38. The molecule has 18 heavy (non-hydrogen) atoms. The van der Waals surface area contributed by atoms with Gasteiger partial charge in [-0.1, -0.05) is 0 Å². The molecule has 100 valence electrons. The molecule has 0 amide bonds. The molecule has 0 atom stereocenters. The lowest BCUT2D eigenvalue weighted by Crippen LogP contribution is -2.07. The van der Waals surface area contributed by atoms with Crippen molar-refractivity contribution in [3.63, 3.8) is 0 Å². The highest BCUT2D eigenvalue weighted by molar-refractivity contribution is 7.85. The Bertz CT molecular complexity index is 496. The van der Waals surface area contributed by atoms with Crippen LogP contribution in [0, 0.1) is 10.1 Å². The van der Waals surface area contributed by atoms with Gasteiger partial charge in [0.15, 0.2) is 0 Å². The Morgan fingerprint density at radius 3 is 2.33 bits per heavy atom. The fourth-order valence-electron chi connectivity index (χ4n) is 1.12. The number of hydrogen-bond acceptors (Lipinski definition) is 6. The van der Waals surface area contributed by atoms with Crippen LogP contribution in [0.3, 0.4) is 0 Å². The first kappa shape index (κ1) is 14.4. The molecule has 0 saturated heterocycles. The van der Waals surface area contributed by atoms with E-state index in [2.05, 4.69) is 4.18 Å². The van der Waals surface area contributed by atoms with E-state index in [4.69, 9.17) is 4.74 Å². The molecule has 0 heterocycles. The Labute approximate surface area is 105 Å². The Morgan fingerprint density at radius 2 is 1.83 bits per heavy atom. The van der Waals surface area contributed by atoms with Gasteiger partial charge < -0.3 is 4.74 Å². The van der Waals surface area contributed by atoms with Crippen molar-refractivity contribution in [2.24, 2.45) is 0 Å². The van der Waals surface area contributed by atoms with Crippen molar-refractivity contribution >= 4 is 15.8 Å². The fraction of sp³-hybridized carbons (Fsp3) is 0.400. The van der Waals surface area contributed by atoms with Gasteiger partial charge in [-0.05, 0) is 12.1 Å². The van der Waals surface area contributed by atoms with Crippen LogP contribution in [-0.2, 0) is 14.3 Å². The zero-order valence-corrected chi connectivity index (χ0v) is 10.6. The lowest BCUT2D eigenvalue weighted by molar-refractivity contribution is -0.384. The first-order valence-electron chi connectivity index (χ1n) is 5.10. The molecule has 0 N–H and O–H groups in total. The lowest BCUT2D eigenvalue weighted by atomic mass is 10.3. The predicted molar refractivity (Wildman–Crippen MR) is 64.0 cm³/mol. The number of hydrogen-bond donors (Lipinski definition) is 0. The molecule has 0 aliphatic heterocycles. The van der Waals surface area contributed by atoms with Crippen molar-refractivity contribution in [3.8, 4) is 5.75 Å². The second-order valence-corrected chi connectivity index (χ2v) is 5.12. The highest BCUT2D eigenvalue weighted by Gasteiger charge is 2.04. The van der Waals surface area contributed by atoms with Crippen LogP contribution in [0.4, 0.5) is 5.69 Å². The van der Waals surface area contributed by atoms with Gasteiger partial charge >= 0.3 is 0 Å². The van der Waals surface area contributed by atoms with Crippen LogP contribution in [0.2, 0.25) is 0 Å². The van der Waals surface area contributed by atoms with E-state index in [1.807, 2.05) is 0 Å². The standard InChI is InChI=1S/C10H13NO6S/c1-18(14,15)17-8-2-7-16-10-5-3-9(4-6-10)11(12)13/h3-6H,2,7-8H2,1H3. The van der Waals surface area contributed by atoms with Crippen LogP contribution >= 0.6 is 0 Å². The quantitative estimate of drug-likeness (QED) is 0.322. The van der Waals surface area contributed by atoms with E-state index in [0.717, 1.165) is 6.26 Å². The van der Waals surface area contributed by atoms with Crippen molar-refractivity contribution in [3.05, 3.63) is 34.4 Å². The summed E-state index contributed by atoms with van der Waals surface area (Å²) in [5.74, 6) is 0.486. The average molecular weight is 275 g/mol. The molecule has 1 rings (SSSR count). The molecule has 0 unspecified atom stereocenters. The maximum atomic E-state index is 10.6. The smallest absolute Gasteiger partial charge is 0.269 e. The summed E-state index contributed by atoms with van der Waals surface area (Å²) in [6, 6.07) is 5.63. The predicted octanol–water partition coefficient (Wildman–Crippen LogP) is 1.34. The molecule has 0 spiro atoms. The van der Waals surface area contributed by atoms with Gasteiger partial charge in [-0.2, -0.15) is 8.42 Å². The Morgan fingerprint density at radius 1 is 1.22 bits per heavy atom. The molecular formula is C10H13NO6S. The Kier molecular flexibility index (Phi) is 5.05. The minimum absolute atomic E-state index is 0.0113. The number of nitrogens with zero attached hydrogens (tertiary/aromatic N) is 1. The molecule has 7 nitrogen and oxygen atoms in total. The van der Waals surface area contributed by atoms with E-state index >= 15 is 0 Å². The molecule has 8 heteroatoms. The lowest BCUT2D eigenvalue weighted by Gasteiger charge is -2.05. The second-order valence-electron chi connectivity index (χ2n) is 3.48. The minimum atomic E-state index is -3.41. The van der Waals surface area contributed by atoms with E-state index in [-0.39, 0.29) is 18.9 Å². The van der Waals surface area contributed by atoms with Crippen molar-refractivity contribution in [1.29, 1.82) is 0 Å². The molecule has 0 aliphatic rings. The van der Waals surface area contributed by atoms with Crippen LogP contribution in [0.1, 0.15) is 6.42 Å². The maximum absolute atomic E-state index is 10.6. The topological polar surface area (TPSA) is 95.7 Å². The molecule has 0 saturated carbocycles. The third kappa shape index (κ3) is 5.60.